The topological polar surface area (TPSA) is 24.9 Å². The van der Waals surface area contributed by atoms with Crippen LogP contribution in [0.15, 0.2) is 47.2 Å². The van der Waals surface area contributed by atoms with E-state index in [0.717, 1.165) is 26.5 Å². The molecule has 108 valence electrons. The van der Waals surface area contributed by atoms with Crippen LogP contribution in [0.1, 0.15) is 16.5 Å². The lowest BCUT2D eigenvalue weighted by Crippen LogP contribution is -2.17. The third kappa shape index (κ3) is 3.31. The third-order valence-corrected chi connectivity index (χ3v) is 5.05. The van der Waals surface area contributed by atoms with E-state index in [1.807, 2.05) is 19.3 Å². The number of benzene rings is 1. The normalized spacial score (nSPS) is 12.7. The van der Waals surface area contributed by atoms with Gasteiger partial charge in [-0.3, -0.25) is 4.98 Å². The summed E-state index contributed by atoms with van der Waals surface area (Å²) in [6, 6.07) is 9.27. The highest BCUT2D eigenvalue weighted by atomic mass is 79.9. The first kappa shape index (κ1) is 14.6. The zero-order chi connectivity index (χ0) is 14.8. The van der Waals surface area contributed by atoms with Gasteiger partial charge in [0.1, 0.15) is 5.82 Å². The van der Waals surface area contributed by atoms with Crippen LogP contribution in [0.25, 0.3) is 10.1 Å². The standard InChI is InChI=1S/C16H14BrFN2S/c1-19-14(5-10-4-12(17)9-20-8-10)16-7-11-6-13(18)2-3-15(11)21-16/h2-4,6-9,14,19H,5H2,1H3. The van der Waals surface area contributed by atoms with E-state index in [-0.39, 0.29) is 11.9 Å². The lowest BCUT2D eigenvalue weighted by atomic mass is 10.1. The monoisotopic (exact) mass is 364 g/mol. The largest absolute Gasteiger partial charge is 0.312 e. The number of rotatable bonds is 4. The summed E-state index contributed by atoms with van der Waals surface area (Å²) in [5, 5.41) is 4.30. The molecule has 0 bridgehead atoms. The van der Waals surface area contributed by atoms with Gasteiger partial charge in [0.25, 0.3) is 0 Å². The number of hydrogen-bond donors (Lipinski definition) is 1. The number of nitrogens with one attached hydrogen (secondary N) is 1. The molecular weight excluding hydrogens is 351 g/mol. The van der Waals surface area contributed by atoms with Gasteiger partial charge in [-0.15, -0.1) is 11.3 Å². The number of aromatic nitrogens is 1. The van der Waals surface area contributed by atoms with Gasteiger partial charge in [-0.05, 0) is 70.7 Å². The molecule has 2 aromatic heterocycles. The van der Waals surface area contributed by atoms with Crippen molar-refractivity contribution in [2.45, 2.75) is 12.5 Å². The summed E-state index contributed by atoms with van der Waals surface area (Å²) in [7, 11) is 1.95. The fourth-order valence-corrected chi connectivity index (χ4v) is 3.92. The van der Waals surface area contributed by atoms with Crippen molar-refractivity contribution in [3.05, 3.63) is 63.5 Å². The van der Waals surface area contributed by atoms with Crippen LogP contribution in [-0.2, 0) is 6.42 Å². The summed E-state index contributed by atoms with van der Waals surface area (Å²) in [6.45, 7) is 0. The minimum atomic E-state index is -0.191. The third-order valence-electron chi connectivity index (χ3n) is 3.39. The summed E-state index contributed by atoms with van der Waals surface area (Å²) in [6.07, 6.45) is 4.50. The predicted octanol–water partition coefficient (Wildman–Crippen LogP) is 4.70. The van der Waals surface area contributed by atoms with Crippen LogP contribution in [0, 0.1) is 5.82 Å². The Morgan fingerprint density at radius 2 is 2.14 bits per heavy atom. The Morgan fingerprint density at radius 3 is 2.90 bits per heavy atom. The number of pyridine rings is 1. The van der Waals surface area contributed by atoms with Crippen LogP contribution in [-0.4, -0.2) is 12.0 Å². The van der Waals surface area contributed by atoms with Gasteiger partial charge in [-0.1, -0.05) is 0 Å². The lowest BCUT2D eigenvalue weighted by molar-refractivity contribution is 0.601. The van der Waals surface area contributed by atoms with Gasteiger partial charge in [0.2, 0.25) is 0 Å². The van der Waals surface area contributed by atoms with E-state index < -0.39 is 0 Å². The Balaban J connectivity index is 1.90. The summed E-state index contributed by atoms with van der Waals surface area (Å²) < 4.78 is 15.4. The minimum Gasteiger partial charge on any atom is -0.312 e. The average molecular weight is 365 g/mol. The van der Waals surface area contributed by atoms with Crippen LogP contribution in [0.5, 0.6) is 0 Å². The molecular formula is C16H14BrFN2S. The Hall–Kier alpha value is -1.30. The zero-order valence-corrected chi connectivity index (χ0v) is 13.8. The maximum Gasteiger partial charge on any atom is 0.123 e. The van der Waals surface area contributed by atoms with E-state index in [2.05, 4.69) is 38.4 Å². The van der Waals surface area contributed by atoms with Gasteiger partial charge in [-0.2, -0.15) is 0 Å². The molecule has 21 heavy (non-hydrogen) atoms. The highest BCUT2D eigenvalue weighted by molar-refractivity contribution is 9.10. The van der Waals surface area contributed by atoms with Crippen LogP contribution >= 0.6 is 27.3 Å². The van der Waals surface area contributed by atoms with E-state index in [1.165, 1.54) is 10.9 Å². The molecule has 0 aliphatic carbocycles. The van der Waals surface area contributed by atoms with Crippen molar-refractivity contribution in [3.63, 3.8) is 0 Å². The van der Waals surface area contributed by atoms with Gasteiger partial charge in [0, 0.05) is 32.5 Å². The number of thiophene rings is 1. The van der Waals surface area contributed by atoms with E-state index >= 15 is 0 Å². The predicted molar refractivity (Wildman–Crippen MR) is 89.2 cm³/mol. The molecule has 0 spiro atoms. The van der Waals surface area contributed by atoms with Crippen molar-refractivity contribution in [2.75, 3.05) is 7.05 Å². The van der Waals surface area contributed by atoms with Gasteiger partial charge in [-0.25, -0.2) is 4.39 Å². The van der Waals surface area contributed by atoms with E-state index in [0.29, 0.717) is 0 Å². The molecule has 1 aromatic carbocycles. The Kier molecular flexibility index (Phi) is 4.33. The number of halogens is 2. The number of likely N-dealkylation sites (N-methyl/N-ethyl adjacent to an activating group) is 1. The van der Waals surface area contributed by atoms with E-state index in [9.17, 15) is 4.39 Å². The number of fused-ring (bicyclic) bond motifs is 1. The summed E-state index contributed by atoms with van der Waals surface area (Å²) >= 11 is 5.15. The lowest BCUT2D eigenvalue weighted by Gasteiger charge is -2.14. The molecule has 0 aliphatic heterocycles. The first-order valence-corrected chi connectivity index (χ1v) is 8.22. The fourth-order valence-electron chi connectivity index (χ4n) is 2.35. The Morgan fingerprint density at radius 1 is 1.29 bits per heavy atom. The molecule has 0 amide bonds. The van der Waals surface area contributed by atoms with Gasteiger partial charge in [0.15, 0.2) is 0 Å². The van der Waals surface area contributed by atoms with Crippen LogP contribution in [0.4, 0.5) is 4.39 Å². The minimum absolute atomic E-state index is 0.191. The fraction of sp³-hybridized carbons (Fsp3) is 0.188. The van der Waals surface area contributed by atoms with Crippen LogP contribution < -0.4 is 5.32 Å². The molecule has 0 saturated heterocycles. The highest BCUT2D eigenvalue weighted by Gasteiger charge is 2.14. The van der Waals surface area contributed by atoms with Gasteiger partial charge >= 0.3 is 0 Å². The zero-order valence-electron chi connectivity index (χ0n) is 11.4. The molecule has 0 aliphatic rings. The molecule has 3 aromatic rings. The SMILES string of the molecule is CNC(Cc1cncc(Br)c1)c1cc2cc(F)ccc2s1. The molecule has 3 rings (SSSR count). The molecule has 2 heterocycles. The molecule has 5 heteroatoms. The smallest absolute Gasteiger partial charge is 0.123 e. The molecule has 1 unspecified atom stereocenters. The van der Waals surface area contributed by atoms with Crippen molar-refractivity contribution in [3.8, 4) is 0 Å². The van der Waals surface area contributed by atoms with Crippen molar-refractivity contribution in [2.24, 2.45) is 0 Å². The van der Waals surface area contributed by atoms with E-state index in [1.54, 1.807) is 23.6 Å². The Bertz CT molecular complexity index is 772. The maximum atomic E-state index is 13.3. The average Bonchev–Trinajstić information content (AvgIpc) is 2.87. The van der Waals surface area contributed by atoms with E-state index in [4.69, 9.17) is 0 Å². The van der Waals surface area contributed by atoms with Crippen molar-refractivity contribution < 1.29 is 4.39 Å². The molecule has 1 atom stereocenters. The first-order chi connectivity index (χ1) is 10.2. The summed E-state index contributed by atoms with van der Waals surface area (Å²) in [4.78, 5) is 5.41. The molecule has 1 N–H and O–H groups in total. The second-order valence-electron chi connectivity index (χ2n) is 4.89. The number of hydrogen-bond acceptors (Lipinski definition) is 3. The highest BCUT2D eigenvalue weighted by Crippen LogP contribution is 2.32. The van der Waals surface area contributed by atoms with Crippen molar-refractivity contribution in [1.29, 1.82) is 0 Å². The molecule has 2 nitrogen and oxygen atoms in total. The second-order valence-corrected chi connectivity index (χ2v) is 6.92. The number of nitrogens with zero attached hydrogens (tertiary/aromatic N) is 1. The first-order valence-electron chi connectivity index (χ1n) is 6.61. The summed E-state index contributed by atoms with van der Waals surface area (Å²) in [5.74, 6) is -0.191. The molecule has 0 saturated carbocycles. The van der Waals surface area contributed by atoms with Gasteiger partial charge < -0.3 is 5.32 Å². The molecule has 0 radical (unpaired) electrons. The quantitative estimate of drug-likeness (QED) is 0.725. The van der Waals surface area contributed by atoms with Crippen molar-refractivity contribution in [1.82, 2.24) is 10.3 Å². The second kappa shape index (κ2) is 6.22. The summed E-state index contributed by atoms with van der Waals surface area (Å²) in [5.41, 5.74) is 1.16. The van der Waals surface area contributed by atoms with Crippen LogP contribution in [0.3, 0.4) is 0 Å². The van der Waals surface area contributed by atoms with Gasteiger partial charge in [0.05, 0.1) is 0 Å². The van der Waals surface area contributed by atoms with Crippen molar-refractivity contribution >= 4 is 37.4 Å². The molecule has 0 fully saturated rings. The maximum absolute atomic E-state index is 13.3. The van der Waals surface area contributed by atoms with Crippen LogP contribution in [0.2, 0.25) is 0 Å². The Labute approximate surface area is 135 Å².